The highest BCUT2D eigenvalue weighted by Crippen LogP contribution is 2.15. The van der Waals surface area contributed by atoms with Crippen LogP contribution in [0.5, 0.6) is 0 Å². The molecule has 1 rings (SSSR count). The lowest BCUT2D eigenvalue weighted by Crippen LogP contribution is -2.40. The zero-order valence-corrected chi connectivity index (χ0v) is 9.97. The molecule has 1 heterocycles. The minimum absolute atomic E-state index is 0.629. The number of quaternary nitrogens is 1. The smallest absolute Gasteiger partial charge is 0.140 e. The van der Waals surface area contributed by atoms with Gasteiger partial charge in [-0.05, 0) is 18.8 Å². The minimum atomic E-state index is 0.629. The molecule has 1 aliphatic rings. The van der Waals surface area contributed by atoms with Crippen molar-refractivity contribution in [2.45, 2.75) is 39.5 Å². The Hall–Kier alpha value is -0.480. The van der Waals surface area contributed by atoms with Crippen molar-refractivity contribution < 1.29 is 4.48 Å². The van der Waals surface area contributed by atoms with Crippen molar-refractivity contribution in [3.8, 4) is 11.8 Å². The van der Waals surface area contributed by atoms with Crippen LogP contribution in [0.25, 0.3) is 0 Å². The van der Waals surface area contributed by atoms with E-state index in [4.69, 9.17) is 0 Å². The standard InChI is InChI=1S/C13H24N/c1-4-13(5-2)9-8-12-14(3)10-6-7-11-14/h13H,4-7,10-12H2,1-3H3/q+1. The number of hydrogen-bond acceptors (Lipinski definition) is 0. The highest BCUT2D eigenvalue weighted by atomic mass is 15.3. The molecular formula is C13H24N+. The average Bonchev–Trinajstić information content (AvgIpc) is 2.60. The van der Waals surface area contributed by atoms with Gasteiger partial charge in [0.15, 0.2) is 0 Å². The summed E-state index contributed by atoms with van der Waals surface area (Å²) in [5.41, 5.74) is 0. The molecular weight excluding hydrogens is 170 g/mol. The molecule has 0 spiro atoms. The van der Waals surface area contributed by atoms with E-state index in [0.717, 1.165) is 6.54 Å². The van der Waals surface area contributed by atoms with Gasteiger partial charge in [0.2, 0.25) is 0 Å². The van der Waals surface area contributed by atoms with Crippen LogP contribution in [0.1, 0.15) is 39.5 Å². The van der Waals surface area contributed by atoms with Crippen LogP contribution >= 0.6 is 0 Å². The summed E-state index contributed by atoms with van der Waals surface area (Å²) < 4.78 is 1.19. The van der Waals surface area contributed by atoms with Crippen molar-refractivity contribution in [2.75, 3.05) is 26.7 Å². The molecule has 1 aliphatic heterocycles. The van der Waals surface area contributed by atoms with Gasteiger partial charge >= 0.3 is 0 Å². The molecule has 0 radical (unpaired) electrons. The molecule has 1 saturated heterocycles. The van der Waals surface area contributed by atoms with Crippen molar-refractivity contribution >= 4 is 0 Å². The third-order valence-corrected chi connectivity index (χ3v) is 3.40. The predicted molar refractivity (Wildman–Crippen MR) is 61.9 cm³/mol. The number of hydrogen-bond donors (Lipinski definition) is 0. The van der Waals surface area contributed by atoms with Crippen LogP contribution in [0.2, 0.25) is 0 Å². The molecule has 0 saturated carbocycles. The minimum Gasteiger partial charge on any atom is -0.316 e. The van der Waals surface area contributed by atoms with Gasteiger partial charge in [-0.15, -0.1) is 0 Å². The second-order valence-corrected chi connectivity index (χ2v) is 4.77. The first kappa shape index (κ1) is 11.6. The largest absolute Gasteiger partial charge is 0.316 e. The molecule has 0 aromatic rings. The van der Waals surface area contributed by atoms with Crippen LogP contribution in [0, 0.1) is 17.8 Å². The normalized spacial score (nSPS) is 19.4. The van der Waals surface area contributed by atoms with Gasteiger partial charge in [-0.25, -0.2) is 0 Å². The lowest BCUT2D eigenvalue weighted by Gasteiger charge is -2.26. The molecule has 0 bridgehead atoms. The first-order valence-corrected chi connectivity index (χ1v) is 6.02. The SMILES string of the molecule is CCC(C#CC[N+]1(C)CCCC1)CC. The van der Waals surface area contributed by atoms with E-state index < -0.39 is 0 Å². The summed E-state index contributed by atoms with van der Waals surface area (Å²) in [5.74, 6) is 7.43. The van der Waals surface area contributed by atoms with Gasteiger partial charge in [0.05, 0.1) is 20.1 Å². The van der Waals surface area contributed by atoms with Gasteiger partial charge in [0, 0.05) is 18.8 Å². The number of rotatable bonds is 3. The molecule has 1 heteroatoms. The van der Waals surface area contributed by atoms with Gasteiger partial charge in [-0.3, -0.25) is 0 Å². The third-order valence-electron chi connectivity index (χ3n) is 3.40. The van der Waals surface area contributed by atoms with Gasteiger partial charge in [0.1, 0.15) is 6.54 Å². The van der Waals surface area contributed by atoms with Crippen molar-refractivity contribution in [2.24, 2.45) is 5.92 Å². The second-order valence-electron chi connectivity index (χ2n) is 4.77. The third kappa shape index (κ3) is 3.35. The Labute approximate surface area is 89.1 Å². The summed E-state index contributed by atoms with van der Waals surface area (Å²) >= 11 is 0. The fourth-order valence-corrected chi connectivity index (χ4v) is 2.13. The zero-order chi connectivity index (χ0) is 10.4. The topological polar surface area (TPSA) is 0 Å². The van der Waals surface area contributed by atoms with Gasteiger partial charge in [0.25, 0.3) is 0 Å². The second kappa shape index (κ2) is 5.41. The maximum atomic E-state index is 3.41. The van der Waals surface area contributed by atoms with Crippen LogP contribution in [-0.4, -0.2) is 31.2 Å². The van der Waals surface area contributed by atoms with E-state index >= 15 is 0 Å². The number of likely N-dealkylation sites (tertiary alicyclic amines) is 1. The molecule has 14 heavy (non-hydrogen) atoms. The maximum Gasteiger partial charge on any atom is 0.140 e. The van der Waals surface area contributed by atoms with E-state index in [1.54, 1.807) is 0 Å². The Kier molecular flexibility index (Phi) is 4.48. The first-order valence-electron chi connectivity index (χ1n) is 6.02. The van der Waals surface area contributed by atoms with E-state index in [1.165, 1.54) is 43.3 Å². The summed E-state index contributed by atoms with van der Waals surface area (Å²) in [6.45, 7) is 8.19. The highest BCUT2D eigenvalue weighted by Gasteiger charge is 2.25. The molecule has 0 unspecified atom stereocenters. The van der Waals surface area contributed by atoms with E-state index in [0.29, 0.717) is 5.92 Å². The maximum absolute atomic E-state index is 3.41. The monoisotopic (exact) mass is 194 g/mol. The van der Waals surface area contributed by atoms with Crippen molar-refractivity contribution in [1.82, 2.24) is 0 Å². The van der Waals surface area contributed by atoms with Crippen molar-refractivity contribution in [3.63, 3.8) is 0 Å². The van der Waals surface area contributed by atoms with Crippen LogP contribution in [-0.2, 0) is 0 Å². The van der Waals surface area contributed by atoms with Crippen LogP contribution in [0.3, 0.4) is 0 Å². The average molecular weight is 194 g/mol. The van der Waals surface area contributed by atoms with Gasteiger partial charge in [-0.2, -0.15) is 0 Å². The van der Waals surface area contributed by atoms with E-state index in [9.17, 15) is 0 Å². The zero-order valence-electron chi connectivity index (χ0n) is 9.97. The highest BCUT2D eigenvalue weighted by molar-refractivity contribution is 5.03. The summed E-state index contributed by atoms with van der Waals surface area (Å²) in [6, 6.07) is 0. The molecule has 0 amide bonds. The Morgan fingerprint density at radius 1 is 1.14 bits per heavy atom. The fourth-order valence-electron chi connectivity index (χ4n) is 2.13. The molecule has 0 aromatic heterocycles. The number of nitrogens with zero attached hydrogens (tertiary/aromatic N) is 1. The molecule has 1 nitrogen and oxygen atoms in total. The summed E-state index contributed by atoms with van der Waals surface area (Å²) in [5, 5.41) is 0. The quantitative estimate of drug-likeness (QED) is 0.478. The summed E-state index contributed by atoms with van der Waals surface area (Å²) in [4.78, 5) is 0. The lowest BCUT2D eigenvalue weighted by molar-refractivity contribution is -0.890. The van der Waals surface area contributed by atoms with Crippen LogP contribution in [0.4, 0.5) is 0 Å². The van der Waals surface area contributed by atoms with Crippen molar-refractivity contribution in [3.05, 3.63) is 0 Å². The van der Waals surface area contributed by atoms with E-state index in [-0.39, 0.29) is 0 Å². The van der Waals surface area contributed by atoms with E-state index in [2.05, 4.69) is 32.7 Å². The Morgan fingerprint density at radius 3 is 2.21 bits per heavy atom. The first-order chi connectivity index (χ1) is 6.70. The molecule has 0 aliphatic carbocycles. The van der Waals surface area contributed by atoms with Crippen LogP contribution < -0.4 is 0 Å². The Balaban J connectivity index is 2.37. The molecule has 1 fully saturated rings. The lowest BCUT2D eigenvalue weighted by atomic mass is 10.0. The molecule has 0 N–H and O–H groups in total. The molecule has 80 valence electrons. The predicted octanol–water partition coefficient (Wildman–Crippen LogP) is 2.67. The van der Waals surface area contributed by atoms with Gasteiger partial charge in [-0.1, -0.05) is 19.8 Å². The van der Waals surface area contributed by atoms with Crippen LogP contribution in [0.15, 0.2) is 0 Å². The molecule has 0 atom stereocenters. The summed E-state index contributed by atoms with van der Waals surface area (Å²) in [6.07, 6.45) is 5.19. The molecule has 0 aromatic carbocycles. The van der Waals surface area contributed by atoms with Crippen molar-refractivity contribution in [1.29, 1.82) is 0 Å². The Morgan fingerprint density at radius 2 is 1.71 bits per heavy atom. The summed E-state index contributed by atoms with van der Waals surface area (Å²) in [7, 11) is 2.34. The van der Waals surface area contributed by atoms with Gasteiger partial charge < -0.3 is 4.48 Å². The fraction of sp³-hybridized carbons (Fsp3) is 0.846. The van der Waals surface area contributed by atoms with E-state index in [1.807, 2.05) is 0 Å². The Bertz CT molecular complexity index is 211.